The van der Waals surface area contributed by atoms with E-state index >= 15 is 0 Å². The van der Waals surface area contributed by atoms with Crippen LogP contribution in [0.1, 0.15) is 44.2 Å². The van der Waals surface area contributed by atoms with Crippen LogP contribution in [0.4, 0.5) is 30.7 Å². The van der Waals surface area contributed by atoms with Crippen LogP contribution < -0.4 is 0 Å². The average Bonchev–Trinajstić information content (AvgIpc) is 2.44. The van der Waals surface area contributed by atoms with Crippen molar-refractivity contribution in [2.45, 2.75) is 56.7 Å². The monoisotopic (exact) mass is 360 g/mol. The maximum atomic E-state index is 14.2. The number of hydrogen-bond acceptors (Lipinski definition) is 1. The standard InChI is InChI=1S/C16H19F7O/c1-10(2)11-7-5-6-8-12(11)13(3,24-4)9-14(17,15(18,19)20)16(21,22)23/h5-8,10H,9H2,1-4H3. The molecule has 1 unspecified atom stereocenters. The second-order valence-electron chi connectivity index (χ2n) is 6.15. The normalized spacial score (nSPS) is 16.3. The summed E-state index contributed by atoms with van der Waals surface area (Å²) in [7, 11) is 0.963. The molecule has 1 atom stereocenters. The molecule has 0 aliphatic carbocycles. The Morgan fingerprint density at radius 2 is 1.38 bits per heavy atom. The largest absolute Gasteiger partial charge is 0.431 e. The van der Waals surface area contributed by atoms with E-state index in [2.05, 4.69) is 0 Å². The molecule has 1 aromatic rings. The third-order valence-electron chi connectivity index (χ3n) is 4.08. The van der Waals surface area contributed by atoms with Crippen molar-refractivity contribution in [1.82, 2.24) is 0 Å². The first-order valence-corrected chi connectivity index (χ1v) is 7.16. The zero-order valence-electron chi connectivity index (χ0n) is 13.6. The number of methoxy groups -OCH3 is 1. The molecule has 0 radical (unpaired) electrons. The molecule has 24 heavy (non-hydrogen) atoms. The number of benzene rings is 1. The highest BCUT2D eigenvalue weighted by Gasteiger charge is 2.74. The second-order valence-corrected chi connectivity index (χ2v) is 6.15. The van der Waals surface area contributed by atoms with Gasteiger partial charge in [0, 0.05) is 13.5 Å². The number of rotatable bonds is 5. The summed E-state index contributed by atoms with van der Waals surface area (Å²) in [5.41, 5.74) is -6.90. The van der Waals surface area contributed by atoms with Gasteiger partial charge in [0.15, 0.2) is 0 Å². The van der Waals surface area contributed by atoms with Crippen LogP contribution in [-0.2, 0) is 10.3 Å². The van der Waals surface area contributed by atoms with E-state index in [1.54, 1.807) is 26.0 Å². The predicted molar refractivity (Wildman–Crippen MR) is 75.5 cm³/mol. The lowest BCUT2D eigenvalue weighted by Gasteiger charge is -2.39. The molecule has 1 aromatic carbocycles. The number of ether oxygens (including phenoxy) is 1. The van der Waals surface area contributed by atoms with Crippen molar-refractivity contribution >= 4 is 0 Å². The first-order chi connectivity index (χ1) is 10.7. The van der Waals surface area contributed by atoms with Gasteiger partial charge in [-0.1, -0.05) is 38.1 Å². The van der Waals surface area contributed by atoms with Gasteiger partial charge in [-0.2, -0.15) is 26.3 Å². The van der Waals surface area contributed by atoms with Gasteiger partial charge in [-0.25, -0.2) is 4.39 Å². The number of hydrogen-bond donors (Lipinski definition) is 0. The Hall–Kier alpha value is -1.31. The lowest BCUT2D eigenvalue weighted by Crippen LogP contribution is -2.56. The summed E-state index contributed by atoms with van der Waals surface area (Å²) in [6.45, 7) is 4.48. The molecule has 1 nitrogen and oxygen atoms in total. The molecule has 0 fully saturated rings. The van der Waals surface area contributed by atoms with Crippen LogP contribution in [0.25, 0.3) is 0 Å². The Labute approximate surface area is 135 Å². The van der Waals surface area contributed by atoms with Crippen LogP contribution >= 0.6 is 0 Å². The van der Waals surface area contributed by atoms with E-state index in [0.29, 0.717) is 5.56 Å². The molecule has 0 bridgehead atoms. The Kier molecular flexibility index (Phi) is 5.65. The van der Waals surface area contributed by atoms with Crippen LogP contribution in [0.3, 0.4) is 0 Å². The van der Waals surface area contributed by atoms with E-state index in [-0.39, 0.29) is 11.5 Å². The van der Waals surface area contributed by atoms with Crippen molar-refractivity contribution < 1.29 is 35.5 Å². The van der Waals surface area contributed by atoms with Gasteiger partial charge in [0.25, 0.3) is 0 Å². The topological polar surface area (TPSA) is 9.23 Å². The molecule has 0 N–H and O–H groups in total. The van der Waals surface area contributed by atoms with Crippen molar-refractivity contribution in [3.05, 3.63) is 35.4 Å². The average molecular weight is 360 g/mol. The van der Waals surface area contributed by atoms with Crippen LogP contribution in [0.5, 0.6) is 0 Å². The van der Waals surface area contributed by atoms with Crippen LogP contribution in [0.2, 0.25) is 0 Å². The first-order valence-electron chi connectivity index (χ1n) is 7.16. The van der Waals surface area contributed by atoms with Crippen molar-refractivity contribution in [3.8, 4) is 0 Å². The van der Waals surface area contributed by atoms with Gasteiger partial charge in [0.05, 0.1) is 5.60 Å². The summed E-state index contributed by atoms with van der Waals surface area (Å²) in [4.78, 5) is 0. The highest BCUT2D eigenvalue weighted by molar-refractivity contribution is 5.35. The molecule has 0 aromatic heterocycles. The van der Waals surface area contributed by atoms with Gasteiger partial charge < -0.3 is 4.74 Å². The molecule has 0 amide bonds. The van der Waals surface area contributed by atoms with Crippen molar-refractivity contribution in [2.24, 2.45) is 0 Å². The quantitative estimate of drug-likeness (QED) is 0.595. The van der Waals surface area contributed by atoms with Crippen LogP contribution in [0, 0.1) is 0 Å². The minimum Gasteiger partial charge on any atom is -0.374 e. The van der Waals surface area contributed by atoms with Crippen LogP contribution in [0.15, 0.2) is 24.3 Å². The molecule has 0 heterocycles. The third kappa shape index (κ3) is 3.68. The molecule has 8 heteroatoms. The summed E-state index contributed by atoms with van der Waals surface area (Å²) < 4.78 is 96.5. The van der Waals surface area contributed by atoms with E-state index in [1.165, 1.54) is 12.1 Å². The van der Waals surface area contributed by atoms with E-state index in [4.69, 9.17) is 4.74 Å². The van der Waals surface area contributed by atoms with Crippen molar-refractivity contribution in [3.63, 3.8) is 0 Å². The number of alkyl halides is 7. The highest BCUT2D eigenvalue weighted by Crippen LogP contribution is 2.53. The molecule has 0 aliphatic rings. The fourth-order valence-electron chi connectivity index (χ4n) is 2.59. The second kappa shape index (κ2) is 6.54. The van der Waals surface area contributed by atoms with Gasteiger partial charge in [-0.3, -0.25) is 0 Å². The molecule has 1 rings (SSSR count). The highest BCUT2D eigenvalue weighted by atomic mass is 19.4. The maximum absolute atomic E-state index is 14.2. The smallest absolute Gasteiger partial charge is 0.374 e. The van der Waals surface area contributed by atoms with Crippen molar-refractivity contribution in [2.75, 3.05) is 7.11 Å². The minimum absolute atomic E-state index is 0.0954. The summed E-state index contributed by atoms with van der Waals surface area (Å²) in [5, 5.41) is 0. The predicted octanol–water partition coefficient (Wildman–Crippen LogP) is 5.89. The van der Waals surface area contributed by atoms with Crippen LogP contribution in [-0.4, -0.2) is 25.1 Å². The summed E-state index contributed by atoms with van der Waals surface area (Å²) in [5.74, 6) is -0.193. The molecule has 138 valence electrons. The van der Waals surface area contributed by atoms with E-state index in [1.807, 2.05) is 0 Å². The van der Waals surface area contributed by atoms with Gasteiger partial charge in [-0.05, 0) is 24.0 Å². The first kappa shape index (κ1) is 20.7. The fraction of sp³-hybridized carbons (Fsp3) is 0.625. The molecule has 0 saturated heterocycles. The Morgan fingerprint density at radius 3 is 1.75 bits per heavy atom. The van der Waals surface area contributed by atoms with E-state index in [9.17, 15) is 30.7 Å². The third-order valence-corrected chi connectivity index (χ3v) is 4.08. The lowest BCUT2D eigenvalue weighted by molar-refractivity contribution is -0.353. The zero-order chi connectivity index (χ0) is 19.0. The van der Waals surface area contributed by atoms with Gasteiger partial charge >= 0.3 is 18.0 Å². The summed E-state index contributed by atoms with van der Waals surface area (Å²) in [6, 6.07) is 5.98. The maximum Gasteiger partial charge on any atom is 0.431 e. The fourth-order valence-corrected chi connectivity index (χ4v) is 2.59. The van der Waals surface area contributed by atoms with Gasteiger partial charge in [0.2, 0.25) is 0 Å². The number of halogens is 7. The molecular weight excluding hydrogens is 341 g/mol. The molecular formula is C16H19F7O. The molecule has 0 spiro atoms. The van der Waals surface area contributed by atoms with E-state index in [0.717, 1.165) is 14.0 Å². The van der Waals surface area contributed by atoms with Gasteiger partial charge in [0.1, 0.15) is 0 Å². The molecule has 0 aliphatic heterocycles. The summed E-state index contributed by atoms with van der Waals surface area (Å²) in [6.07, 6.45) is -14.1. The lowest BCUT2D eigenvalue weighted by atomic mass is 9.79. The van der Waals surface area contributed by atoms with Crippen molar-refractivity contribution in [1.29, 1.82) is 0 Å². The Balaban J connectivity index is 3.50. The minimum atomic E-state index is -6.11. The Bertz CT molecular complexity index is 548. The van der Waals surface area contributed by atoms with E-state index < -0.39 is 30.0 Å². The SMILES string of the molecule is COC(C)(CC(F)(C(F)(F)F)C(F)(F)F)c1ccccc1C(C)C. The zero-order valence-corrected chi connectivity index (χ0v) is 13.6. The summed E-state index contributed by atoms with van der Waals surface area (Å²) >= 11 is 0. The van der Waals surface area contributed by atoms with Gasteiger partial charge in [-0.15, -0.1) is 0 Å². The molecule has 0 saturated carbocycles. The Morgan fingerprint density at radius 1 is 0.917 bits per heavy atom.